The van der Waals surface area contributed by atoms with Gasteiger partial charge in [0.15, 0.2) is 0 Å². The summed E-state index contributed by atoms with van der Waals surface area (Å²) < 4.78 is 29.6. The van der Waals surface area contributed by atoms with Crippen molar-refractivity contribution in [1.82, 2.24) is 10.2 Å². The second-order valence-electron chi connectivity index (χ2n) is 6.88. The lowest BCUT2D eigenvalue weighted by Gasteiger charge is -2.09. The number of H-pyrrole nitrogens is 1. The van der Waals surface area contributed by atoms with Crippen LogP contribution in [-0.4, -0.2) is 29.4 Å². The number of aromatic amines is 1. The molecule has 0 fully saturated rings. The summed E-state index contributed by atoms with van der Waals surface area (Å²) in [6, 6.07) is 8.71. The summed E-state index contributed by atoms with van der Waals surface area (Å²) in [7, 11) is 1.50. The molecule has 2 aromatic carbocycles. The second kappa shape index (κ2) is 7.60. The summed E-state index contributed by atoms with van der Waals surface area (Å²) >= 11 is 0. The van der Waals surface area contributed by atoms with E-state index in [1.807, 2.05) is 13.8 Å². The van der Waals surface area contributed by atoms with Crippen molar-refractivity contribution in [2.45, 2.75) is 13.8 Å². The maximum atomic E-state index is 13.4. The van der Waals surface area contributed by atoms with Crippen LogP contribution in [0.3, 0.4) is 0 Å². The number of aromatic nitrogens is 2. The van der Waals surface area contributed by atoms with Gasteiger partial charge in [0, 0.05) is 27.8 Å². The Hall–Kier alpha value is -4.14. The monoisotopic (exact) mass is 423 g/mol. The topological polar surface area (TPSA) is 120 Å². The van der Waals surface area contributed by atoms with E-state index in [0.717, 1.165) is 17.0 Å². The fourth-order valence-electron chi connectivity index (χ4n) is 3.58. The van der Waals surface area contributed by atoms with Crippen molar-refractivity contribution in [3.05, 3.63) is 59.2 Å². The molecule has 0 atom stereocenters. The molecule has 1 amide bonds. The van der Waals surface area contributed by atoms with Crippen molar-refractivity contribution < 1.29 is 27.9 Å². The van der Waals surface area contributed by atoms with E-state index in [0.29, 0.717) is 27.8 Å². The molecule has 0 aliphatic rings. The van der Waals surface area contributed by atoms with E-state index in [1.54, 1.807) is 12.1 Å². The largest absolute Gasteiger partial charge is 0.496 e. The third kappa shape index (κ3) is 3.50. The fraction of sp³-hybridized carbons (Fsp3) is 0.136. The number of benzene rings is 2. The standard InChI is InChI=1S/C22H18FN3O5/c1-10-18(11(2)26-25-10)14-9-17-15(8-16(14)29-3)19(21(27)31-22(24)28)20(30-17)12-4-6-13(23)7-5-12/h4-9H,1-3H3,(H2,24,28)(H,25,26). The highest BCUT2D eigenvalue weighted by molar-refractivity contribution is 6.12. The SMILES string of the molecule is COc1cc2c(C(=O)OC(N)=O)c(-c3ccc(F)cc3)oc2cc1-c1c(C)n[nH]c1C. The number of nitrogens with zero attached hydrogens (tertiary/aromatic N) is 1. The highest BCUT2D eigenvalue weighted by Crippen LogP contribution is 2.42. The van der Waals surface area contributed by atoms with Crippen LogP contribution in [-0.2, 0) is 4.74 Å². The summed E-state index contributed by atoms with van der Waals surface area (Å²) in [5, 5.41) is 7.49. The number of aryl methyl sites for hydroxylation is 2. The van der Waals surface area contributed by atoms with Crippen LogP contribution < -0.4 is 10.5 Å². The van der Waals surface area contributed by atoms with Gasteiger partial charge in [-0.15, -0.1) is 0 Å². The lowest BCUT2D eigenvalue weighted by atomic mass is 9.99. The van der Waals surface area contributed by atoms with Crippen molar-refractivity contribution in [3.8, 4) is 28.2 Å². The van der Waals surface area contributed by atoms with Gasteiger partial charge in [0.25, 0.3) is 0 Å². The van der Waals surface area contributed by atoms with Gasteiger partial charge in [-0.2, -0.15) is 5.10 Å². The van der Waals surface area contributed by atoms with Crippen LogP contribution in [0.15, 0.2) is 40.8 Å². The molecule has 4 aromatic rings. The zero-order valence-electron chi connectivity index (χ0n) is 16.9. The van der Waals surface area contributed by atoms with Crippen LogP contribution in [0.1, 0.15) is 21.7 Å². The molecule has 0 aliphatic heterocycles. The number of esters is 1. The molecule has 0 bridgehead atoms. The molecule has 0 radical (unpaired) electrons. The third-order valence-corrected chi connectivity index (χ3v) is 4.91. The molecule has 0 saturated heterocycles. The van der Waals surface area contributed by atoms with Crippen molar-refractivity contribution in [2.75, 3.05) is 7.11 Å². The molecular weight excluding hydrogens is 405 g/mol. The normalized spacial score (nSPS) is 11.0. The van der Waals surface area contributed by atoms with Crippen molar-refractivity contribution in [2.24, 2.45) is 5.73 Å². The average Bonchev–Trinajstić information content (AvgIpc) is 3.26. The van der Waals surface area contributed by atoms with Crippen molar-refractivity contribution in [1.29, 1.82) is 0 Å². The number of carbonyl (C=O) groups is 2. The Morgan fingerprint density at radius 2 is 1.87 bits per heavy atom. The first kappa shape index (κ1) is 20.1. The van der Waals surface area contributed by atoms with Gasteiger partial charge < -0.3 is 19.6 Å². The molecule has 0 saturated carbocycles. The van der Waals surface area contributed by atoms with E-state index in [2.05, 4.69) is 14.9 Å². The van der Waals surface area contributed by atoms with Gasteiger partial charge in [-0.05, 0) is 50.2 Å². The van der Waals surface area contributed by atoms with Gasteiger partial charge >= 0.3 is 12.1 Å². The Kier molecular flexibility index (Phi) is 4.94. The minimum Gasteiger partial charge on any atom is -0.496 e. The highest BCUT2D eigenvalue weighted by Gasteiger charge is 2.27. The number of carbonyl (C=O) groups excluding carboxylic acids is 2. The maximum absolute atomic E-state index is 13.4. The smallest absolute Gasteiger partial charge is 0.412 e. The van der Waals surface area contributed by atoms with E-state index in [1.165, 1.54) is 31.4 Å². The van der Waals surface area contributed by atoms with E-state index in [4.69, 9.17) is 14.9 Å². The van der Waals surface area contributed by atoms with E-state index in [9.17, 15) is 14.0 Å². The van der Waals surface area contributed by atoms with E-state index < -0.39 is 17.9 Å². The molecule has 3 N–H and O–H groups in total. The Labute approximate surface area is 175 Å². The van der Waals surface area contributed by atoms with Crippen molar-refractivity contribution >= 4 is 23.0 Å². The minimum atomic E-state index is -1.25. The predicted octanol–water partition coefficient (Wildman–Crippen LogP) is 4.49. The Morgan fingerprint density at radius 1 is 1.16 bits per heavy atom. The van der Waals surface area contributed by atoms with Gasteiger partial charge in [0.05, 0.1) is 12.8 Å². The summed E-state index contributed by atoms with van der Waals surface area (Å²) in [6.45, 7) is 3.73. The molecule has 2 aromatic heterocycles. The molecule has 9 heteroatoms. The molecule has 2 heterocycles. The lowest BCUT2D eigenvalue weighted by Crippen LogP contribution is -2.18. The Balaban J connectivity index is 2.02. The second-order valence-corrected chi connectivity index (χ2v) is 6.88. The molecule has 8 nitrogen and oxygen atoms in total. The number of methoxy groups -OCH3 is 1. The van der Waals surface area contributed by atoms with Crippen LogP contribution in [0.2, 0.25) is 0 Å². The highest BCUT2D eigenvalue weighted by atomic mass is 19.1. The molecular formula is C22H18FN3O5. The minimum absolute atomic E-state index is 0.0223. The van der Waals surface area contributed by atoms with E-state index >= 15 is 0 Å². The van der Waals surface area contributed by atoms with Gasteiger partial charge in [0.2, 0.25) is 0 Å². The maximum Gasteiger partial charge on any atom is 0.412 e. The molecule has 0 unspecified atom stereocenters. The number of hydrogen-bond acceptors (Lipinski definition) is 6. The van der Waals surface area contributed by atoms with Gasteiger partial charge in [-0.25, -0.2) is 14.0 Å². The van der Waals surface area contributed by atoms with Crippen molar-refractivity contribution in [3.63, 3.8) is 0 Å². The fourth-order valence-corrected chi connectivity index (χ4v) is 3.58. The van der Waals surface area contributed by atoms with Gasteiger partial charge in [-0.3, -0.25) is 5.10 Å². The lowest BCUT2D eigenvalue weighted by molar-refractivity contribution is 0.0640. The van der Waals surface area contributed by atoms with Gasteiger partial charge in [-0.1, -0.05) is 0 Å². The Morgan fingerprint density at radius 3 is 2.45 bits per heavy atom. The van der Waals surface area contributed by atoms with Gasteiger partial charge in [0.1, 0.15) is 28.5 Å². The summed E-state index contributed by atoms with van der Waals surface area (Å²) in [6.07, 6.45) is -1.25. The number of nitrogens with two attached hydrogens (primary N) is 1. The zero-order valence-corrected chi connectivity index (χ0v) is 16.9. The summed E-state index contributed by atoms with van der Waals surface area (Å²) in [5.41, 5.74) is 8.89. The number of rotatable bonds is 4. The van der Waals surface area contributed by atoms with Crippen LogP contribution in [0, 0.1) is 19.7 Å². The summed E-state index contributed by atoms with van der Waals surface area (Å²) in [4.78, 5) is 23.9. The van der Waals surface area contributed by atoms with Crippen LogP contribution in [0.25, 0.3) is 33.4 Å². The predicted molar refractivity (Wildman–Crippen MR) is 110 cm³/mol. The average molecular weight is 423 g/mol. The number of amides is 1. The molecule has 4 rings (SSSR count). The quantitative estimate of drug-likeness (QED) is 0.369. The number of primary amides is 1. The van der Waals surface area contributed by atoms with Crippen LogP contribution in [0.4, 0.5) is 9.18 Å². The molecule has 158 valence electrons. The number of nitrogens with one attached hydrogen (secondary N) is 1. The number of furan rings is 1. The number of halogens is 1. The van der Waals surface area contributed by atoms with Crippen LogP contribution in [0.5, 0.6) is 5.75 Å². The molecule has 0 spiro atoms. The molecule has 31 heavy (non-hydrogen) atoms. The van der Waals surface area contributed by atoms with E-state index in [-0.39, 0.29) is 11.3 Å². The number of ether oxygens (including phenoxy) is 2. The summed E-state index contributed by atoms with van der Waals surface area (Å²) in [5.74, 6) is -0.868. The number of hydrogen-bond donors (Lipinski definition) is 2. The molecule has 0 aliphatic carbocycles. The first-order chi connectivity index (χ1) is 14.8. The number of fused-ring (bicyclic) bond motifs is 1. The zero-order chi connectivity index (χ0) is 22.3. The first-order valence-electron chi connectivity index (χ1n) is 9.24. The first-order valence-corrected chi connectivity index (χ1v) is 9.24. The Bertz CT molecular complexity index is 1300. The van der Waals surface area contributed by atoms with Crippen LogP contribution >= 0.6 is 0 Å². The third-order valence-electron chi connectivity index (χ3n) is 4.91.